The fourth-order valence-electron chi connectivity index (χ4n) is 3.06. The van der Waals surface area contributed by atoms with E-state index >= 15 is 0 Å². The Kier molecular flexibility index (Phi) is 5.71. The maximum absolute atomic E-state index is 12.6. The molecule has 4 aromatic carbocycles. The predicted octanol–water partition coefficient (Wildman–Crippen LogP) is 4.53. The van der Waals surface area contributed by atoms with Crippen LogP contribution >= 0.6 is 0 Å². The van der Waals surface area contributed by atoms with Crippen LogP contribution in [0.2, 0.25) is 0 Å². The number of aromatic hydroxyl groups is 1. The Morgan fingerprint density at radius 1 is 0.871 bits per heavy atom. The number of hydrogen-bond acceptors (Lipinski definition) is 5. The molecule has 6 heteroatoms. The van der Waals surface area contributed by atoms with E-state index in [1.54, 1.807) is 42.5 Å². The third-order valence-electron chi connectivity index (χ3n) is 4.59. The number of fused-ring (bicyclic) bond motifs is 1. The van der Waals surface area contributed by atoms with Crippen molar-refractivity contribution >= 4 is 28.9 Å². The zero-order valence-corrected chi connectivity index (χ0v) is 16.4. The summed E-state index contributed by atoms with van der Waals surface area (Å²) < 4.78 is 5.50. The molecule has 0 heterocycles. The summed E-state index contributed by atoms with van der Waals surface area (Å²) >= 11 is 0. The molecule has 0 aliphatic carbocycles. The molecule has 0 saturated carbocycles. The Labute approximate surface area is 178 Å². The Morgan fingerprint density at radius 3 is 2.42 bits per heavy atom. The SMILES string of the molecule is O=C(NN=Cc1ccc(OC(=O)c2cccc3ccccc23)cc1)c1cccc(O)c1. The average Bonchev–Trinajstić information content (AvgIpc) is 2.79. The smallest absolute Gasteiger partial charge is 0.344 e. The molecule has 0 aromatic heterocycles. The summed E-state index contributed by atoms with van der Waals surface area (Å²) in [6.45, 7) is 0. The number of carbonyl (C=O) groups is 2. The quantitative estimate of drug-likeness (QED) is 0.219. The van der Waals surface area contributed by atoms with Gasteiger partial charge in [0.2, 0.25) is 0 Å². The van der Waals surface area contributed by atoms with Gasteiger partial charge in [-0.3, -0.25) is 4.79 Å². The second-order valence-corrected chi connectivity index (χ2v) is 6.73. The van der Waals surface area contributed by atoms with Crippen molar-refractivity contribution in [3.05, 3.63) is 108 Å². The summed E-state index contributed by atoms with van der Waals surface area (Å²) in [4.78, 5) is 24.6. The summed E-state index contributed by atoms with van der Waals surface area (Å²) in [6.07, 6.45) is 1.47. The minimum atomic E-state index is -0.437. The van der Waals surface area contributed by atoms with Crippen molar-refractivity contribution in [1.82, 2.24) is 5.43 Å². The van der Waals surface area contributed by atoms with Crippen molar-refractivity contribution in [2.75, 3.05) is 0 Å². The van der Waals surface area contributed by atoms with Gasteiger partial charge in [0.25, 0.3) is 5.91 Å². The van der Waals surface area contributed by atoms with Gasteiger partial charge < -0.3 is 9.84 Å². The molecule has 0 fully saturated rings. The molecule has 0 radical (unpaired) electrons. The molecule has 0 aliphatic rings. The summed E-state index contributed by atoms with van der Waals surface area (Å²) in [5.74, 6) is -0.464. The first-order valence-electron chi connectivity index (χ1n) is 9.52. The Bertz CT molecular complexity index is 1270. The van der Waals surface area contributed by atoms with Crippen LogP contribution in [-0.4, -0.2) is 23.2 Å². The second kappa shape index (κ2) is 8.92. The van der Waals surface area contributed by atoms with E-state index in [0.717, 1.165) is 10.8 Å². The van der Waals surface area contributed by atoms with E-state index in [1.165, 1.54) is 18.3 Å². The maximum atomic E-state index is 12.6. The molecule has 0 aliphatic heterocycles. The fraction of sp³-hybridized carbons (Fsp3) is 0. The van der Waals surface area contributed by atoms with E-state index in [-0.39, 0.29) is 5.75 Å². The van der Waals surface area contributed by atoms with E-state index in [1.807, 2.05) is 36.4 Å². The van der Waals surface area contributed by atoms with Crippen LogP contribution in [0, 0.1) is 0 Å². The molecule has 1 amide bonds. The van der Waals surface area contributed by atoms with Crippen molar-refractivity contribution in [3.63, 3.8) is 0 Å². The standard InChI is InChI=1S/C25H18N2O4/c28-20-8-3-7-19(15-20)24(29)27-26-16-17-11-13-21(14-12-17)31-25(30)23-10-4-6-18-5-1-2-9-22(18)23/h1-16,28H,(H,27,29). The van der Waals surface area contributed by atoms with Crippen LogP contribution in [0.3, 0.4) is 0 Å². The van der Waals surface area contributed by atoms with Crippen LogP contribution in [-0.2, 0) is 0 Å². The monoisotopic (exact) mass is 410 g/mol. The molecule has 0 spiro atoms. The van der Waals surface area contributed by atoms with Gasteiger partial charge in [-0.2, -0.15) is 5.10 Å². The molecule has 152 valence electrons. The van der Waals surface area contributed by atoms with E-state index < -0.39 is 11.9 Å². The van der Waals surface area contributed by atoms with Gasteiger partial charge in [0.1, 0.15) is 11.5 Å². The zero-order valence-electron chi connectivity index (χ0n) is 16.4. The van der Waals surface area contributed by atoms with Crippen molar-refractivity contribution in [2.24, 2.45) is 5.10 Å². The summed E-state index contributed by atoms with van der Waals surface area (Å²) in [6, 6.07) is 25.9. The Hall–Kier alpha value is -4.45. The summed E-state index contributed by atoms with van der Waals surface area (Å²) in [5.41, 5.74) is 3.90. The first kappa shape index (κ1) is 19.8. The summed E-state index contributed by atoms with van der Waals surface area (Å²) in [5, 5.41) is 15.1. The second-order valence-electron chi connectivity index (χ2n) is 6.73. The number of carbonyl (C=O) groups excluding carboxylic acids is 2. The molecular weight excluding hydrogens is 392 g/mol. The van der Waals surface area contributed by atoms with E-state index in [9.17, 15) is 14.7 Å². The Morgan fingerprint density at radius 2 is 1.61 bits per heavy atom. The maximum Gasteiger partial charge on any atom is 0.344 e. The average molecular weight is 410 g/mol. The first-order valence-corrected chi connectivity index (χ1v) is 9.52. The lowest BCUT2D eigenvalue weighted by molar-refractivity contribution is 0.0736. The third-order valence-corrected chi connectivity index (χ3v) is 4.59. The minimum Gasteiger partial charge on any atom is -0.508 e. The van der Waals surface area contributed by atoms with Gasteiger partial charge >= 0.3 is 5.97 Å². The first-order chi connectivity index (χ1) is 15.1. The Balaban J connectivity index is 1.39. The molecule has 0 atom stereocenters. The highest BCUT2D eigenvalue weighted by Gasteiger charge is 2.12. The molecule has 4 aromatic rings. The predicted molar refractivity (Wildman–Crippen MR) is 119 cm³/mol. The van der Waals surface area contributed by atoms with Crippen molar-refractivity contribution in [2.45, 2.75) is 0 Å². The molecule has 6 nitrogen and oxygen atoms in total. The third kappa shape index (κ3) is 4.76. The normalized spacial score (nSPS) is 10.8. The highest BCUT2D eigenvalue weighted by molar-refractivity contribution is 6.05. The van der Waals surface area contributed by atoms with E-state index in [4.69, 9.17) is 4.74 Å². The number of benzene rings is 4. The minimum absolute atomic E-state index is 0.00488. The number of phenols is 1. The van der Waals surface area contributed by atoms with Gasteiger partial charge in [-0.1, -0.05) is 42.5 Å². The molecular formula is C25H18N2O4. The van der Waals surface area contributed by atoms with Crippen LogP contribution in [0.15, 0.2) is 96.1 Å². The van der Waals surface area contributed by atoms with E-state index in [0.29, 0.717) is 22.4 Å². The number of ether oxygens (including phenoxy) is 1. The topological polar surface area (TPSA) is 88.0 Å². The highest BCUT2D eigenvalue weighted by atomic mass is 16.5. The van der Waals surface area contributed by atoms with Gasteiger partial charge in [0.05, 0.1) is 11.8 Å². The summed E-state index contributed by atoms with van der Waals surface area (Å²) in [7, 11) is 0. The molecule has 31 heavy (non-hydrogen) atoms. The highest BCUT2D eigenvalue weighted by Crippen LogP contribution is 2.21. The lowest BCUT2D eigenvalue weighted by atomic mass is 10.0. The number of rotatable bonds is 5. The lowest BCUT2D eigenvalue weighted by Crippen LogP contribution is -2.17. The van der Waals surface area contributed by atoms with Gasteiger partial charge in [-0.05, 0) is 64.9 Å². The zero-order chi connectivity index (χ0) is 21.6. The van der Waals surface area contributed by atoms with Crippen molar-refractivity contribution in [1.29, 1.82) is 0 Å². The number of amides is 1. The molecule has 2 N–H and O–H groups in total. The van der Waals surface area contributed by atoms with Crippen LogP contribution in [0.25, 0.3) is 10.8 Å². The number of esters is 1. The van der Waals surface area contributed by atoms with Crippen molar-refractivity contribution < 1.29 is 19.4 Å². The molecule has 0 bridgehead atoms. The molecule has 0 unspecified atom stereocenters. The van der Waals surface area contributed by atoms with Crippen LogP contribution in [0.1, 0.15) is 26.3 Å². The number of hydrogen-bond donors (Lipinski definition) is 2. The van der Waals surface area contributed by atoms with Crippen LogP contribution < -0.4 is 10.2 Å². The van der Waals surface area contributed by atoms with Gasteiger partial charge in [0, 0.05) is 5.56 Å². The number of nitrogens with one attached hydrogen (secondary N) is 1. The molecule has 4 rings (SSSR count). The van der Waals surface area contributed by atoms with Gasteiger partial charge in [-0.25, -0.2) is 10.2 Å². The fourth-order valence-corrected chi connectivity index (χ4v) is 3.06. The van der Waals surface area contributed by atoms with E-state index in [2.05, 4.69) is 10.5 Å². The number of nitrogens with zero attached hydrogens (tertiary/aromatic N) is 1. The van der Waals surface area contributed by atoms with Gasteiger partial charge in [-0.15, -0.1) is 0 Å². The van der Waals surface area contributed by atoms with Crippen LogP contribution in [0.5, 0.6) is 11.5 Å². The lowest BCUT2D eigenvalue weighted by Gasteiger charge is -2.07. The van der Waals surface area contributed by atoms with Crippen molar-refractivity contribution in [3.8, 4) is 11.5 Å². The molecule has 0 saturated heterocycles. The number of phenolic OH excluding ortho intramolecular Hbond substituents is 1. The number of hydrazone groups is 1. The van der Waals surface area contributed by atoms with Gasteiger partial charge in [0.15, 0.2) is 0 Å². The largest absolute Gasteiger partial charge is 0.508 e. The van der Waals surface area contributed by atoms with Crippen LogP contribution in [0.4, 0.5) is 0 Å².